The van der Waals surface area contributed by atoms with Crippen molar-refractivity contribution in [1.29, 1.82) is 0 Å². The summed E-state index contributed by atoms with van der Waals surface area (Å²) >= 11 is 5.98. The summed E-state index contributed by atoms with van der Waals surface area (Å²) in [7, 11) is -2.60. The van der Waals surface area contributed by atoms with E-state index in [0.29, 0.717) is 0 Å². The van der Waals surface area contributed by atoms with Crippen LogP contribution in [-0.4, -0.2) is 33.5 Å². The fraction of sp³-hybridized carbons (Fsp3) is 0.294. The predicted molar refractivity (Wildman–Crippen MR) is 94.0 cm³/mol. The highest BCUT2D eigenvalue weighted by molar-refractivity contribution is 7.89. The summed E-state index contributed by atoms with van der Waals surface area (Å²) in [6, 6.07) is 6.62. The van der Waals surface area contributed by atoms with E-state index in [1.165, 1.54) is 31.4 Å². The number of rotatable bonds is 7. The van der Waals surface area contributed by atoms with Crippen LogP contribution in [0.1, 0.15) is 39.5 Å². The summed E-state index contributed by atoms with van der Waals surface area (Å²) in [6.45, 7) is -0.235. The summed E-state index contributed by atoms with van der Waals surface area (Å²) in [5.74, 6) is -1.19. The molecule has 1 aliphatic carbocycles. The number of nitrogens with one attached hydrogen (secondary N) is 1. The van der Waals surface area contributed by atoms with E-state index < -0.39 is 22.0 Å². The summed E-state index contributed by atoms with van der Waals surface area (Å²) in [4.78, 5) is 23.4. The highest BCUT2D eigenvalue weighted by Crippen LogP contribution is 2.27. The first-order valence-corrected chi connectivity index (χ1v) is 9.82. The van der Waals surface area contributed by atoms with Crippen molar-refractivity contribution >= 4 is 33.6 Å². The monoisotopic (exact) mass is 413 g/mol. The van der Waals surface area contributed by atoms with Crippen molar-refractivity contribution in [2.75, 3.05) is 7.11 Å². The quantitative estimate of drug-likeness (QED) is 0.694. The first-order chi connectivity index (χ1) is 12.8. The van der Waals surface area contributed by atoms with Gasteiger partial charge in [-0.25, -0.2) is 22.7 Å². The molecule has 10 heteroatoms. The Morgan fingerprint density at radius 3 is 2.63 bits per heavy atom. The number of benzene rings is 1. The molecule has 1 heterocycles. The van der Waals surface area contributed by atoms with Crippen molar-refractivity contribution in [3.8, 4) is 0 Å². The third kappa shape index (κ3) is 4.68. The Labute approximate surface area is 160 Å². The molecule has 1 aromatic carbocycles. The maximum Gasteiger partial charge on any atom is 0.373 e. The molecule has 8 nitrogen and oxygen atoms in total. The van der Waals surface area contributed by atoms with E-state index in [1.54, 1.807) is 0 Å². The molecule has 0 amide bonds. The van der Waals surface area contributed by atoms with Gasteiger partial charge >= 0.3 is 11.9 Å². The number of furan rings is 1. The van der Waals surface area contributed by atoms with E-state index in [0.717, 1.165) is 18.9 Å². The Kier molecular flexibility index (Phi) is 5.54. The number of carbonyl (C=O) groups excluding carboxylic acids is 2. The standard InChI is InChI=1S/C17H16ClNO7S/c1-24-17(21)14-7-5-12(26-14)9-25-16(20)10-2-6-13(18)15(8-10)27(22,23)19-11-3-4-11/h2,5-8,11,19H,3-4,9H2,1H3. The molecule has 0 aliphatic heterocycles. The molecule has 1 aliphatic rings. The maximum absolute atomic E-state index is 12.3. The summed E-state index contributed by atoms with van der Waals surface area (Å²) in [5, 5.41) is 0.00783. The molecule has 1 fully saturated rings. The first kappa shape index (κ1) is 19.4. The maximum atomic E-state index is 12.3. The highest BCUT2D eigenvalue weighted by atomic mass is 35.5. The average Bonchev–Trinajstić information content (AvgIpc) is 3.31. The molecule has 27 heavy (non-hydrogen) atoms. The number of sulfonamides is 1. The second-order valence-corrected chi connectivity index (χ2v) is 7.96. The summed E-state index contributed by atoms with van der Waals surface area (Å²) in [5.41, 5.74) is 0.0234. The Morgan fingerprint density at radius 1 is 1.22 bits per heavy atom. The average molecular weight is 414 g/mol. The number of hydrogen-bond donors (Lipinski definition) is 1. The van der Waals surface area contributed by atoms with Gasteiger partial charge < -0.3 is 13.9 Å². The van der Waals surface area contributed by atoms with E-state index in [4.69, 9.17) is 20.8 Å². The van der Waals surface area contributed by atoms with Crippen LogP contribution in [0, 0.1) is 0 Å². The minimum absolute atomic E-state index is 0.00783. The zero-order valence-electron chi connectivity index (χ0n) is 14.2. The lowest BCUT2D eigenvalue weighted by Crippen LogP contribution is -2.26. The summed E-state index contributed by atoms with van der Waals surface area (Å²) < 4.78 is 42.0. The molecule has 0 radical (unpaired) electrons. The number of methoxy groups -OCH3 is 1. The Morgan fingerprint density at radius 2 is 1.96 bits per heavy atom. The van der Waals surface area contributed by atoms with Crippen molar-refractivity contribution < 1.29 is 31.9 Å². The first-order valence-electron chi connectivity index (χ1n) is 7.96. The molecule has 3 rings (SSSR count). The van der Waals surface area contributed by atoms with Crippen molar-refractivity contribution in [2.24, 2.45) is 0 Å². The SMILES string of the molecule is COC(=O)c1ccc(COC(=O)c2ccc(Cl)c(S(=O)(=O)NC3CC3)c2)o1. The van der Waals surface area contributed by atoms with Gasteiger partial charge in [0.2, 0.25) is 15.8 Å². The number of hydrogen-bond acceptors (Lipinski definition) is 7. The Hall–Kier alpha value is -2.36. The minimum atomic E-state index is -3.82. The number of ether oxygens (including phenoxy) is 2. The fourth-order valence-electron chi connectivity index (χ4n) is 2.21. The molecule has 1 aromatic heterocycles. The van der Waals surface area contributed by atoms with Crippen LogP contribution >= 0.6 is 11.6 Å². The van der Waals surface area contributed by atoms with Crippen LogP contribution in [0.4, 0.5) is 0 Å². The van der Waals surface area contributed by atoms with Gasteiger partial charge in [-0.3, -0.25) is 0 Å². The van der Waals surface area contributed by atoms with E-state index in [2.05, 4.69) is 9.46 Å². The van der Waals surface area contributed by atoms with Crippen LogP contribution in [0.25, 0.3) is 0 Å². The van der Waals surface area contributed by atoms with Gasteiger partial charge in [0, 0.05) is 6.04 Å². The minimum Gasteiger partial charge on any atom is -0.463 e. The molecule has 0 spiro atoms. The number of esters is 2. The largest absolute Gasteiger partial charge is 0.463 e. The lowest BCUT2D eigenvalue weighted by atomic mass is 10.2. The van der Waals surface area contributed by atoms with Crippen LogP contribution < -0.4 is 4.72 Å². The van der Waals surface area contributed by atoms with E-state index in [9.17, 15) is 18.0 Å². The van der Waals surface area contributed by atoms with Gasteiger partial charge in [-0.15, -0.1) is 0 Å². The highest BCUT2D eigenvalue weighted by Gasteiger charge is 2.29. The molecule has 1 saturated carbocycles. The van der Waals surface area contributed by atoms with Crippen LogP contribution in [0.3, 0.4) is 0 Å². The van der Waals surface area contributed by atoms with Gasteiger partial charge in [0.25, 0.3) is 0 Å². The molecular formula is C17H16ClNO7S. The third-order valence-electron chi connectivity index (χ3n) is 3.75. The lowest BCUT2D eigenvalue weighted by Gasteiger charge is -2.09. The molecule has 0 saturated heterocycles. The second kappa shape index (κ2) is 7.71. The molecule has 1 N–H and O–H groups in total. The van der Waals surface area contributed by atoms with E-state index in [-0.39, 0.29) is 39.7 Å². The predicted octanol–water partition coefficient (Wildman–Crippen LogP) is 2.52. The van der Waals surface area contributed by atoms with Crippen LogP contribution in [0.15, 0.2) is 39.6 Å². The third-order valence-corrected chi connectivity index (χ3v) is 5.75. The lowest BCUT2D eigenvalue weighted by molar-refractivity contribution is 0.0438. The fourth-order valence-corrected chi connectivity index (χ4v) is 4.04. The Bertz CT molecular complexity index is 979. The molecule has 2 aromatic rings. The Balaban J connectivity index is 1.70. The molecular weight excluding hydrogens is 398 g/mol. The van der Waals surface area contributed by atoms with Gasteiger partial charge in [-0.1, -0.05) is 11.6 Å². The van der Waals surface area contributed by atoms with Gasteiger partial charge in [0.1, 0.15) is 17.3 Å². The van der Waals surface area contributed by atoms with Gasteiger partial charge in [-0.05, 0) is 43.2 Å². The topological polar surface area (TPSA) is 112 Å². The zero-order valence-corrected chi connectivity index (χ0v) is 15.8. The summed E-state index contributed by atoms with van der Waals surface area (Å²) in [6.07, 6.45) is 1.55. The molecule has 0 atom stereocenters. The molecule has 144 valence electrons. The van der Waals surface area contributed by atoms with E-state index in [1.807, 2.05) is 0 Å². The number of halogens is 1. The van der Waals surface area contributed by atoms with Crippen LogP contribution in [0.2, 0.25) is 5.02 Å². The van der Waals surface area contributed by atoms with Gasteiger partial charge in [-0.2, -0.15) is 0 Å². The molecule has 0 unspecified atom stereocenters. The molecule has 0 bridgehead atoms. The number of carbonyl (C=O) groups is 2. The van der Waals surface area contributed by atoms with Gasteiger partial charge in [0.15, 0.2) is 0 Å². The second-order valence-electron chi connectivity index (χ2n) is 5.87. The van der Waals surface area contributed by atoms with Crippen molar-refractivity contribution in [1.82, 2.24) is 4.72 Å². The zero-order chi connectivity index (χ0) is 19.6. The smallest absolute Gasteiger partial charge is 0.373 e. The van der Waals surface area contributed by atoms with Crippen molar-refractivity contribution in [2.45, 2.75) is 30.4 Å². The van der Waals surface area contributed by atoms with Crippen LogP contribution in [-0.2, 0) is 26.1 Å². The normalized spacial score (nSPS) is 14.0. The van der Waals surface area contributed by atoms with Crippen molar-refractivity contribution in [3.63, 3.8) is 0 Å². The van der Waals surface area contributed by atoms with Gasteiger partial charge in [0.05, 0.1) is 17.7 Å². The van der Waals surface area contributed by atoms with E-state index >= 15 is 0 Å². The van der Waals surface area contributed by atoms with Crippen LogP contribution in [0.5, 0.6) is 0 Å². The van der Waals surface area contributed by atoms with Crippen molar-refractivity contribution in [3.05, 3.63) is 52.4 Å².